The van der Waals surface area contributed by atoms with E-state index in [4.69, 9.17) is 14.1 Å². The van der Waals surface area contributed by atoms with Gasteiger partial charge in [0, 0.05) is 45.6 Å². The summed E-state index contributed by atoms with van der Waals surface area (Å²) in [5.74, 6) is 2.88. The first-order valence-corrected chi connectivity index (χ1v) is 10.7. The summed E-state index contributed by atoms with van der Waals surface area (Å²) in [6.07, 6.45) is 5.93. The molecule has 1 aromatic carbocycles. The Morgan fingerprint density at radius 2 is 1.97 bits per heavy atom. The van der Waals surface area contributed by atoms with Crippen LogP contribution in [0, 0.1) is 0 Å². The van der Waals surface area contributed by atoms with Crippen molar-refractivity contribution in [1.82, 2.24) is 15.5 Å². The quantitative estimate of drug-likeness (QED) is 0.337. The highest BCUT2D eigenvalue weighted by Gasteiger charge is 2.18. The number of amides is 1. The van der Waals surface area contributed by atoms with Gasteiger partial charge in [-0.3, -0.25) is 9.79 Å². The Morgan fingerprint density at radius 3 is 2.63 bits per heavy atom. The van der Waals surface area contributed by atoms with Crippen LogP contribution >= 0.6 is 0 Å². The number of ether oxygens (including phenoxy) is 1. The number of nitrogens with zero attached hydrogens (tertiary/aromatic N) is 2. The van der Waals surface area contributed by atoms with Gasteiger partial charge in [-0.05, 0) is 49.1 Å². The lowest BCUT2D eigenvalue weighted by Gasteiger charge is -2.15. The molecule has 7 nitrogen and oxygen atoms in total. The number of carbonyl (C=O) groups excluding carboxylic acids is 1. The Bertz CT molecular complexity index is 787. The second kappa shape index (κ2) is 11.9. The zero-order valence-corrected chi connectivity index (χ0v) is 17.7. The Labute approximate surface area is 178 Å². The van der Waals surface area contributed by atoms with Gasteiger partial charge in [0.2, 0.25) is 5.91 Å². The number of likely N-dealkylation sites (tertiary alicyclic amines) is 1. The third-order valence-electron chi connectivity index (χ3n) is 5.14. The fourth-order valence-electron chi connectivity index (χ4n) is 3.44. The first-order valence-electron chi connectivity index (χ1n) is 10.7. The predicted molar refractivity (Wildman–Crippen MR) is 118 cm³/mol. The molecule has 162 valence electrons. The molecule has 1 aliphatic rings. The van der Waals surface area contributed by atoms with Crippen molar-refractivity contribution in [2.24, 2.45) is 4.99 Å². The summed E-state index contributed by atoms with van der Waals surface area (Å²) in [6, 6.07) is 12.0. The molecule has 0 unspecified atom stereocenters. The highest BCUT2D eigenvalue weighted by Crippen LogP contribution is 2.11. The van der Waals surface area contributed by atoms with E-state index in [0.717, 1.165) is 69.3 Å². The number of nitrogens with one attached hydrogen (secondary N) is 2. The summed E-state index contributed by atoms with van der Waals surface area (Å²) in [5.41, 5.74) is 1.24. The zero-order chi connectivity index (χ0) is 21.0. The van der Waals surface area contributed by atoms with E-state index in [0.29, 0.717) is 13.0 Å². The van der Waals surface area contributed by atoms with Gasteiger partial charge in [0.15, 0.2) is 5.96 Å². The average molecular weight is 413 g/mol. The van der Waals surface area contributed by atoms with Crippen LogP contribution in [0.15, 0.2) is 52.1 Å². The maximum Gasteiger partial charge on any atom is 0.222 e. The Hall–Kier alpha value is -2.96. The molecule has 0 bridgehead atoms. The van der Waals surface area contributed by atoms with E-state index < -0.39 is 0 Å². The van der Waals surface area contributed by atoms with Crippen LogP contribution in [0.1, 0.15) is 30.6 Å². The third kappa shape index (κ3) is 7.13. The summed E-state index contributed by atoms with van der Waals surface area (Å²) in [7, 11) is 1.67. The zero-order valence-electron chi connectivity index (χ0n) is 17.7. The van der Waals surface area contributed by atoms with E-state index in [1.807, 2.05) is 29.2 Å². The summed E-state index contributed by atoms with van der Waals surface area (Å²) in [6.45, 7) is 3.88. The minimum absolute atomic E-state index is 0.272. The van der Waals surface area contributed by atoms with Crippen LogP contribution in [-0.4, -0.2) is 56.6 Å². The fourth-order valence-corrected chi connectivity index (χ4v) is 3.44. The first kappa shape index (κ1) is 21.7. The normalized spacial score (nSPS) is 14.2. The van der Waals surface area contributed by atoms with Gasteiger partial charge in [-0.1, -0.05) is 12.1 Å². The van der Waals surface area contributed by atoms with Gasteiger partial charge in [0.1, 0.15) is 11.5 Å². The number of furan rings is 1. The molecule has 7 heteroatoms. The molecule has 0 saturated carbocycles. The smallest absolute Gasteiger partial charge is 0.222 e. The van der Waals surface area contributed by atoms with Gasteiger partial charge in [0.25, 0.3) is 0 Å². The monoisotopic (exact) mass is 412 g/mol. The molecule has 0 radical (unpaired) electrons. The number of methoxy groups -OCH3 is 1. The molecular formula is C23H32N4O3. The number of guanidine groups is 1. The number of hydrogen-bond donors (Lipinski definition) is 2. The fraction of sp³-hybridized carbons (Fsp3) is 0.478. The van der Waals surface area contributed by atoms with E-state index in [9.17, 15) is 4.79 Å². The van der Waals surface area contributed by atoms with Crippen LogP contribution in [-0.2, 0) is 17.6 Å². The van der Waals surface area contributed by atoms with Crippen molar-refractivity contribution in [3.63, 3.8) is 0 Å². The lowest BCUT2D eigenvalue weighted by Crippen LogP contribution is -2.39. The van der Waals surface area contributed by atoms with Crippen LogP contribution in [0.2, 0.25) is 0 Å². The highest BCUT2D eigenvalue weighted by atomic mass is 16.5. The molecule has 1 fully saturated rings. The van der Waals surface area contributed by atoms with Crippen molar-refractivity contribution in [3.8, 4) is 5.75 Å². The third-order valence-corrected chi connectivity index (χ3v) is 5.14. The molecule has 2 aromatic rings. The molecule has 2 heterocycles. The molecule has 3 rings (SSSR count). The Kier molecular flexibility index (Phi) is 8.62. The maximum absolute atomic E-state index is 11.7. The Morgan fingerprint density at radius 1 is 1.17 bits per heavy atom. The van der Waals surface area contributed by atoms with Gasteiger partial charge in [-0.2, -0.15) is 0 Å². The topological polar surface area (TPSA) is 79.1 Å². The van der Waals surface area contributed by atoms with Crippen molar-refractivity contribution in [3.05, 3.63) is 54.0 Å². The molecule has 0 aliphatic carbocycles. The highest BCUT2D eigenvalue weighted by molar-refractivity contribution is 5.80. The molecular weight excluding hydrogens is 380 g/mol. The molecule has 0 atom stereocenters. The van der Waals surface area contributed by atoms with Crippen LogP contribution in [0.25, 0.3) is 0 Å². The summed E-state index contributed by atoms with van der Waals surface area (Å²) < 4.78 is 10.6. The Balaban J connectivity index is 1.44. The van der Waals surface area contributed by atoms with Gasteiger partial charge >= 0.3 is 0 Å². The van der Waals surface area contributed by atoms with Crippen molar-refractivity contribution in [2.45, 2.75) is 32.1 Å². The van der Waals surface area contributed by atoms with Gasteiger partial charge < -0.3 is 24.7 Å². The van der Waals surface area contributed by atoms with Gasteiger partial charge in [0.05, 0.1) is 13.4 Å². The number of carbonyl (C=O) groups is 1. The second-order valence-electron chi connectivity index (χ2n) is 7.35. The molecule has 2 N–H and O–H groups in total. The minimum atomic E-state index is 0.272. The molecule has 30 heavy (non-hydrogen) atoms. The van der Waals surface area contributed by atoms with Crippen molar-refractivity contribution < 1.29 is 13.9 Å². The largest absolute Gasteiger partial charge is 0.497 e. The summed E-state index contributed by atoms with van der Waals surface area (Å²) in [4.78, 5) is 18.4. The summed E-state index contributed by atoms with van der Waals surface area (Å²) in [5, 5.41) is 6.79. The molecule has 1 aliphatic heterocycles. The van der Waals surface area contributed by atoms with Crippen LogP contribution in [0.3, 0.4) is 0 Å². The lowest BCUT2D eigenvalue weighted by atomic mass is 10.1. The maximum atomic E-state index is 11.7. The number of hydrogen-bond acceptors (Lipinski definition) is 4. The molecule has 1 aromatic heterocycles. The van der Waals surface area contributed by atoms with Crippen molar-refractivity contribution in [1.29, 1.82) is 0 Å². The SMILES string of the molecule is COc1ccc(CCNC(=NCCCN2CCCC2=O)NCCc2ccco2)cc1. The first-order chi connectivity index (χ1) is 14.7. The van der Waals surface area contributed by atoms with Crippen LogP contribution in [0.4, 0.5) is 0 Å². The van der Waals surface area contributed by atoms with Gasteiger partial charge in [-0.15, -0.1) is 0 Å². The second-order valence-corrected chi connectivity index (χ2v) is 7.35. The van der Waals surface area contributed by atoms with E-state index >= 15 is 0 Å². The molecule has 1 amide bonds. The lowest BCUT2D eigenvalue weighted by molar-refractivity contribution is -0.127. The molecule has 1 saturated heterocycles. The van der Waals surface area contributed by atoms with Crippen molar-refractivity contribution >= 4 is 11.9 Å². The number of benzene rings is 1. The van der Waals surface area contributed by atoms with Crippen LogP contribution < -0.4 is 15.4 Å². The number of aliphatic imine (C=N–C) groups is 1. The van der Waals surface area contributed by atoms with E-state index in [-0.39, 0.29) is 5.91 Å². The van der Waals surface area contributed by atoms with E-state index in [1.54, 1.807) is 13.4 Å². The minimum Gasteiger partial charge on any atom is -0.497 e. The predicted octanol–water partition coefficient (Wildman–Crippen LogP) is 2.62. The van der Waals surface area contributed by atoms with Crippen LogP contribution in [0.5, 0.6) is 5.75 Å². The molecule has 0 spiro atoms. The van der Waals surface area contributed by atoms with E-state index in [2.05, 4.69) is 22.8 Å². The number of rotatable bonds is 11. The average Bonchev–Trinajstić information content (AvgIpc) is 3.43. The summed E-state index contributed by atoms with van der Waals surface area (Å²) >= 11 is 0. The van der Waals surface area contributed by atoms with Crippen molar-refractivity contribution in [2.75, 3.05) is 39.8 Å². The van der Waals surface area contributed by atoms with Gasteiger partial charge in [-0.25, -0.2) is 0 Å². The van der Waals surface area contributed by atoms with E-state index in [1.165, 1.54) is 5.56 Å². The standard InChI is InChI=1S/C23H32N4O3/c1-29-20-9-7-19(8-10-20)11-14-25-23(26-15-12-21-5-3-18-30-21)24-13-4-17-27-16-2-6-22(27)28/h3,5,7-10,18H,2,4,6,11-17H2,1H3,(H2,24,25,26).